The van der Waals surface area contributed by atoms with Crippen LogP contribution >= 0.6 is 7.60 Å². The highest BCUT2D eigenvalue weighted by atomic mass is 31.2. The van der Waals surface area contributed by atoms with Crippen LogP contribution in [0.2, 0.25) is 0 Å². The molecule has 0 rings (SSSR count). The van der Waals surface area contributed by atoms with E-state index in [1.807, 2.05) is 0 Å². The third-order valence-electron chi connectivity index (χ3n) is 10.7. The van der Waals surface area contributed by atoms with Gasteiger partial charge in [0.15, 0.2) is 0 Å². The van der Waals surface area contributed by atoms with Gasteiger partial charge in [-0.3, -0.25) is 42.9 Å². The van der Waals surface area contributed by atoms with Gasteiger partial charge in [-0.15, -0.1) is 0 Å². The van der Waals surface area contributed by atoms with E-state index in [1.165, 1.54) is 7.11 Å². The molecule has 4 unspecified atom stereocenters. The lowest BCUT2D eigenvalue weighted by Gasteiger charge is -2.23. The SMILES string of the molecule is COCCOCCNC(=O)CCC(=O)NCCCCC(NC(=O)CCC(=O)NCCOCCOC)C(=O)NC(CCCCNC(=O)CCC(=O)NCCOCCOC)C(=O)NCCCCC(CO)COP(C)(=O)O. The number of carbonyl (C=O) groups excluding carboxylic acids is 8. The molecule has 0 aliphatic carbocycles. The van der Waals surface area contributed by atoms with Crippen molar-refractivity contribution in [2.75, 3.05) is 140 Å². The average Bonchev–Trinajstić information content (AvgIpc) is 3.36. The molecule has 0 saturated heterocycles. The Kier molecular flexibility index (Phi) is 44.3. The number of aliphatic hydroxyl groups is 1. The zero-order valence-electron chi connectivity index (χ0n) is 44.2. The van der Waals surface area contributed by atoms with Crippen molar-refractivity contribution >= 4 is 54.9 Å². The number of rotatable bonds is 50. The van der Waals surface area contributed by atoms with Crippen molar-refractivity contribution in [2.45, 2.75) is 108 Å². The second kappa shape index (κ2) is 47.1. The molecule has 0 spiro atoms. The van der Waals surface area contributed by atoms with Gasteiger partial charge in [0.2, 0.25) is 47.3 Å². The Morgan fingerprint density at radius 3 is 1.16 bits per heavy atom. The Bertz CT molecular complexity index is 1610. The third-order valence-corrected chi connectivity index (χ3v) is 11.3. The monoisotopic (exact) mass is 1080 g/mol. The van der Waals surface area contributed by atoms with Gasteiger partial charge in [-0.05, 0) is 51.4 Å². The van der Waals surface area contributed by atoms with E-state index in [4.69, 9.17) is 32.9 Å². The normalized spacial score (nSPS) is 13.1. The lowest BCUT2D eigenvalue weighted by Crippen LogP contribution is -2.54. The van der Waals surface area contributed by atoms with Crippen LogP contribution in [0.4, 0.5) is 0 Å². The molecule has 26 nitrogen and oxygen atoms in total. The van der Waals surface area contributed by atoms with Gasteiger partial charge < -0.3 is 85.5 Å². The Labute approximate surface area is 436 Å². The summed E-state index contributed by atoms with van der Waals surface area (Å²) in [6.45, 7) is 5.42. The molecule has 8 amide bonds. The topological polar surface area (TPSA) is 355 Å². The standard InChI is InChI=1S/C47H89N8O18P/c1-67-29-32-70-26-23-50-42(59)16-14-40(57)48-20-9-6-12-38(46(63)53-22-8-5-11-37(35-56)36-73-74(4,65)66)55-47(64)39(54-45(62)19-18-44(61)52-25-28-72-34-31-69-3)13-7-10-21-49-41(58)15-17-43(60)51-24-27-71-33-30-68-2/h37-39,56H,5-36H2,1-4H3,(H,48,57)(H,49,58)(H,50,59)(H,51,60)(H,52,61)(H,53,63)(H,54,62)(H,55,64)(H,65,66). The van der Waals surface area contributed by atoms with E-state index in [2.05, 4.69) is 42.5 Å². The molecule has 0 aliphatic rings. The molecule has 430 valence electrons. The molecule has 0 radical (unpaired) electrons. The smallest absolute Gasteiger partial charge is 0.325 e. The largest absolute Gasteiger partial charge is 0.396 e. The molecule has 10 N–H and O–H groups in total. The third kappa shape index (κ3) is 44.0. The van der Waals surface area contributed by atoms with Crippen molar-refractivity contribution < 1.29 is 85.9 Å². The van der Waals surface area contributed by atoms with Crippen LogP contribution in [-0.4, -0.2) is 209 Å². The number of ether oxygens (including phenoxy) is 6. The predicted molar refractivity (Wildman–Crippen MR) is 272 cm³/mol. The quantitative estimate of drug-likeness (QED) is 0.0256. The summed E-state index contributed by atoms with van der Waals surface area (Å²) in [4.78, 5) is 112. The summed E-state index contributed by atoms with van der Waals surface area (Å²) < 4.78 is 47.1. The highest BCUT2D eigenvalue weighted by Gasteiger charge is 2.27. The first-order chi connectivity index (χ1) is 35.5. The van der Waals surface area contributed by atoms with Crippen molar-refractivity contribution in [2.24, 2.45) is 5.92 Å². The van der Waals surface area contributed by atoms with Crippen LogP contribution in [0.25, 0.3) is 0 Å². The van der Waals surface area contributed by atoms with Gasteiger partial charge in [-0.1, -0.05) is 6.42 Å². The van der Waals surface area contributed by atoms with Crippen LogP contribution in [-0.2, 0) is 75.9 Å². The van der Waals surface area contributed by atoms with Crippen LogP contribution in [0.3, 0.4) is 0 Å². The van der Waals surface area contributed by atoms with Gasteiger partial charge in [-0.2, -0.15) is 0 Å². The molecule has 0 aromatic rings. The summed E-state index contributed by atoms with van der Waals surface area (Å²) >= 11 is 0. The summed E-state index contributed by atoms with van der Waals surface area (Å²) in [5.74, 6) is -3.83. The minimum Gasteiger partial charge on any atom is -0.396 e. The summed E-state index contributed by atoms with van der Waals surface area (Å²) in [6.07, 6.45) is 2.72. The number of carbonyl (C=O) groups is 8. The zero-order valence-corrected chi connectivity index (χ0v) is 45.1. The van der Waals surface area contributed by atoms with Crippen molar-refractivity contribution in [3.63, 3.8) is 0 Å². The van der Waals surface area contributed by atoms with E-state index in [-0.39, 0.29) is 121 Å². The van der Waals surface area contributed by atoms with E-state index < -0.39 is 49.2 Å². The maximum absolute atomic E-state index is 14.0. The van der Waals surface area contributed by atoms with Crippen molar-refractivity contribution in [3.8, 4) is 0 Å². The number of unbranched alkanes of at least 4 members (excludes halogenated alkanes) is 3. The van der Waals surface area contributed by atoms with E-state index in [0.717, 1.165) is 6.66 Å². The van der Waals surface area contributed by atoms with Crippen LogP contribution in [0.5, 0.6) is 0 Å². The highest BCUT2D eigenvalue weighted by Crippen LogP contribution is 2.37. The molecule has 4 atom stereocenters. The first-order valence-electron chi connectivity index (χ1n) is 25.5. The summed E-state index contributed by atoms with van der Waals surface area (Å²) in [5.41, 5.74) is 0. The van der Waals surface area contributed by atoms with Crippen molar-refractivity contribution in [3.05, 3.63) is 0 Å². The Hall–Kier alpha value is -4.37. The number of hydrogen-bond acceptors (Lipinski definition) is 17. The number of aliphatic hydroxyl groups excluding tert-OH is 1. The van der Waals surface area contributed by atoms with Crippen LogP contribution in [0.1, 0.15) is 96.3 Å². The van der Waals surface area contributed by atoms with Gasteiger partial charge in [0.05, 0.1) is 66.1 Å². The number of hydrogen-bond donors (Lipinski definition) is 10. The Morgan fingerprint density at radius 1 is 0.432 bits per heavy atom. The van der Waals surface area contributed by atoms with Crippen molar-refractivity contribution in [1.82, 2.24) is 42.5 Å². The van der Waals surface area contributed by atoms with Crippen molar-refractivity contribution in [1.29, 1.82) is 0 Å². The van der Waals surface area contributed by atoms with E-state index in [9.17, 15) is 52.9 Å². The molecule has 0 heterocycles. The zero-order chi connectivity index (χ0) is 55.1. The fourth-order valence-corrected chi connectivity index (χ4v) is 6.97. The Balaban J connectivity index is 5.66. The number of amides is 8. The van der Waals surface area contributed by atoms with E-state index in [1.54, 1.807) is 14.2 Å². The van der Waals surface area contributed by atoms with E-state index >= 15 is 0 Å². The van der Waals surface area contributed by atoms with Crippen LogP contribution in [0, 0.1) is 5.92 Å². The molecule has 27 heteroatoms. The minimum atomic E-state index is -3.72. The Morgan fingerprint density at radius 2 is 0.784 bits per heavy atom. The van der Waals surface area contributed by atoms with Gasteiger partial charge in [0, 0.05) is 118 Å². The predicted octanol–water partition coefficient (Wildman–Crippen LogP) is -1.07. The molecule has 0 aromatic carbocycles. The molecule has 74 heavy (non-hydrogen) atoms. The number of nitrogens with one attached hydrogen (secondary N) is 8. The molecule has 0 fully saturated rings. The maximum atomic E-state index is 14.0. The lowest BCUT2D eigenvalue weighted by molar-refractivity contribution is -0.133. The van der Waals surface area contributed by atoms with Gasteiger partial charge in [0.25, 0.3) is 0 Å². The number of methoxy groups -OCH3 is 3. The molecule has 0 aromatic heterocycles. The van der Waals surface area contributed by atoms with Crippen LogP contribution < -0.4 is 42.5 Å². The molecular formula is C47H89N8O18P. The summed E-state index contributed by atoms with van der Waals surface area (Å²) in [7, 11) is 0.926. The lowest BCUT2D eigenvalue weighted by atomic mass is 10.0. The van der Waals surface area contributed by atoms with Gasteiger partial charge >= 0.3 is 7.60 Å². The molecular weight excluding hydrogens is 996 g/mol. The average molecular weight is 1090 g/mol. The fourth-order valence-electron chi connectivity index (χ4n) is 6.49. The summed E-state index contributed by atoms with van der Waals surface area (Å²) in [5, 5.41) is 31.5. The molecule has 0 bridgehead atoms. The second-order valence-electron chi connectivity index (χ2n) is 17.2. The van der Waals surface area contributed by atoms with Gasteiger partial charge in [-0.25, -0.2) is 0 Å². The fraction of sp³-hybridized carbons (Fsp3) is 0.830. The summed E-state index contributed by atoms with van der Waals surface area (Å²) in [6, 6.07) is -2.21. The first kappa shape index (κ1) is 69.6. The molecule has 0 saturated carbocycles. The van der Waals surface area contributed by atoms with Crippen LogP contribution in [0.15, 0.2) is 0 Å². The van der Waals surface area contributed by atoms with E-state index in [0.29, 0.717) is 111 Å². The maximum Gasteiger partial charge on any atom is 0.325 e. The minimum absolute atomic E-state index is 0.0194. The first-order valence-corrected chi connectivity index (χ1v) is 27.5. The van der Waals surface area contributed by atoms with Gasteiger partial charge in [0.1, 0.15) is 12.1 Å². The molecule has 0 aliphatic heterocycles. The second-order valence-corrected chi connectivity index (χ2v) is 19.0. The highest BCUT2D eigenvalue weighted by molar-refractivity contribution is 7.51.